The Balaban J connectivity index is 3.34. The van der Waals surface area contributed by atoms with E-state index in [0.717, 1.165) is 6.07 Å². The van der Waals surface area contributed by atoms with Gasteiger partial charge in [-0.05, 0) is 6.07 Å². The van der Waals surface area contributed by atoms with Gasteiger partial charge in [0.2, 0.25) is 5.75 Å². The van der Waals surface area contributed by atoms with Gasteiger partial charge in [0.05, 0.1) is 22.4 Å². The fraction of sp³-hybridized carbons (Fsp3) is 0.111. The van der Waals surface area contributed by atoms with Crippen LogP contribution in [0.2, 0.25) is 0 Å². The van der Waals surface area contributed by atoms with Gasteiger partial charge in [0.25, 0.3) is 0 Å². The maximum Gasteiger partial charge on any atom is 0.314 e. The van der Waals surface area contributed by atoms with Gasteiger partial charge < -0.3 is 5.11 Å². The highest BCUT2D eigenvalue weighted by molar-refractivity contribution is 6.19. The Bertz CT molecular complexity index is 464. The van der Waals surface area contributed by atoms with Crippen LogP contribution in [0.5, 0.6) is 5.75 Å². The predicted molar refractivity (Wildman–Crippen MR) is 52.3 cm³/mol. The zero-order valence-corrected chi connectivity index (χ0v) is 8.08. The van der Waals surface area contributed by atoms with Crippen LogP contribution in [-0.4, -0.2) is 15.9 Å². The smallest absolute Gasteiger partial charge is 0.314 e. The van der Waals surface area contributed by atoms with E-state index in [2.05, 4.69) is 11.8 Å². The van der Waals surface area contributed by atoms with Gasteiger partial charge in [0.15, 0.2) is 0 Å². The van der Waals surface area contributed by atoms with Crippen molar-refractivity contribution >= 4 is 17.3 Å². The van der Waals surface area contributed by atoms with Crippen molar-refractivity contribution in [2.24, 2.45) is 0 Å². The summed E-state index contributed by atoms with van der Waals surface area (Å²) in [6.07, 6.45) is 0. The summed E-state index contributed by atoms with van der Waals surface area (Å²) < 4.78 is 12.9. The van der Waals surface area contributed by atoms with Gasteiger partial charge in [0.1, 0.15) is 5.82 Å². The number of phenols is 1. The highest BCUT2D eigenvalue weighted by Crippen LogP contribution is 2.30. The first kappa shape index (κ1) is 11.3. The van der Waals surface area contributed by atoms with Crippen LogP contribution in [0.25, 0.3) is 0 Å². The summed E-state index contributed by atoms with van der Waals surface area (Å²) >= 11 is 5.26. The summed E-state index contributed by atoms with van der Waals surface area (Å²) in [6.45, 7) is 0. The summed E-state index contributed by atoms with van der Waals surface area (Å²) in [6, 6.07) is 1.53. The molecular formula is C9H5ClFNO3. The number of aromatic hydroxyl groups is 1. The first-order chi connectivity index (χ1) is 7.06. The van der Waals surface area contributed by atoms with Crippen molar-refractivity contribution in [1.82, 2.24) is 0 Å². The monoisotopic (exact) mass is 229 g/mol. The summed E-state index contributed by atoms with van der Waals surface area (Å²) in [5.41, 5.74) is -0.865. The molecule has 0 atom stereocenters. The predicted octanol–water partition coefficient (Wildman–Crippen LogP) is 2.03. The topological polar surface area (TPSA) is 63.4 Å². The van der Waals surface area contributed by atoms with Crippen LogP contribution in [0.1, 0.15) is 5.56 Å². The van der Waals surface area contributed by atoms with Gasteiger partial charge in [-0.3, -0.25) is 10.1 Å². The Labute approximate surface area is 89.4 Å². The number of nitro benzene ring substituents is 1. The number of nitrogens with zero attached hydrogens (tertiary/aromatic N) is 1. The number of halogens is 2. The maximum atomic E-state index is 12.9. The molecule has 0 heterocycles. The molecule has 78 valence electrons. The minimum atomic E-state index is -0.885. The maximum absolute atomic E-state index is 12.9. The molecule has 1 N–H and O–H groups in total. The standard InChI is InChI=1S/C9H5ClFNO3/c10-3-1-2-6-4-7(11)5-8(9(6)13)12(14)15/h4-5,13H,3H2. The van der Waals surface area contributed by atoms with Crippen LogP contribution < -0.4 is 0 Å². The number of hydrogen-bond acceptors (Lipinski definition) is 3. The van der Waals surface area contributed by atoms with Crippen LogP contribution in [0, 0.1) is 27.8 Å². The largest absolute Gasteiger partial charge is 0.501 e. The van der Waals surface area contributed by atoms with Crippen molar-refractivity contribution in [3.63, 3.8) is 0 Å². The van der Waals surface area contributed by atoms with E-state index in [0.29, 0.717) is 6.07 Å². The lowest BCUT2D eigenvalue weighted by Crippen LogP contribution is -1.92. The SMILES string of the molecule is O=[N+]([O-])c1cc(F)cc(C#CCCl)c1O. The summed E-state index contributed by atoms with van der Waals surface area (Å²) in [7, 11) is 0. The summed E-state index contributed by atoms with van der Waals surface area (Å²) in [5, 5.41) is 19.8. The van der Waals surface area contributed by atoms with E-state index in [1.807, 2.05) is 0 Å². The molecule has 0 amide bonds. The van der Waals surface area contributed by atoms with Gasteiger partial charge in [-0.2, -0.15) is 0 Å². The molecule has 6 heteroatoms. The lowest BCUT2D eigenvalue weighted by molar-refractivity contribution is -0.386. The van der Waals surface area contributed by atoms with E-state index in [9.17, 15) is 19.6 Å². The minimum Gasteiger partial charge on any atom is -0.501 e. The Morgan fingerprint density at radius 1 is 1.60 bits per heavy atom. The van der Waals surface area contributed by atoms with Crippen molar-refractivity contribution in [2.75, 3.05) is 5.88 Å². The molecule has 4 nitrogen and oxygen atoms in total. The molecule has 0 unspecified atom stereocenters. The molecule has 0 radical (unpaired) electrons. The van der Waals surface area contributed by atoms with Crippen molar-refractivity contribution in [2.45, 2.75) is 0 Å². The average Bonchev–Trinajstić information content (AvgIpc) is 2.18. The molecule has 1 aromatic rings. The van der Waals surface area contributed by atoms with Crippen molar-refractivity contribution < 1.29 is 14.4 Å². The molecule has 0 bridgehead atoms. The lowest BCUT2D eigenvalue weighted by atomic mass is 10.1. The van der Waals surface area contributed by atoms with Crippen LogP contribution in [-0.2, 0) is 0 Å². The fourth-order valence-electron chi connectivity index (χ4n) is 0.948. The first-order valence-electron chi connectivity index (χ1n) is 3.78. The number of benzene rings is 1. The van der Waals surface area contributed by atoms with Crippen LogP contribution in [0.15, 0.2) is 12.1 Å². The summed E-state index contributed by atoms with van der Waals surface area (Å²) in [4.78, 5) is 9.52. The van der Waals surface area contributed by atoms with Crippen LogP contribution >= 0.6 is 11.6 Å². The molecule has 1 rings (SSSR count). The molecule has 0 aromatic heterocycles. The number of hydrogen-bond donors (Lipinski definition) is 1. The zero-order chi connectivity index (χ0) is 11.4. The Hall–Kier alpha value is -1.80. The molecule has 0 aliphatic rings. The summed E-state index contributed by atoms with van der Waals surface area (Å²) in [5.74, 6) is 3.19. The minimum absolute atomic E-state index is 0.0102. The molecule has 0 saturated carbocycles. The molecule has 1 aromatic carbocycles. The molecule has 0 saturated heterocycles. The second kappa shape index (κ2) is 4.62. The molecule has 0 spiro atoms. The number of alkyl halides is 1. The van der Waals surface area contributed by atoms with Gasteiger partial charge in [0, 0.05) is 0 Å². The highest BCUT2D eigenvalue weighted by atomic mass is 35.5. The second-order valence-corrected chi connectivity index (χ2v) is 2.78. The van der Waals surface area contributed by atoms with E-state index in [1.54, 1.807) is 0 Å². The van der Waals surface area contributed by atoms with Gasteiger partial charge >= 0.3 is 5.69 Å². The van der Waals surface area contributed by atoms with Crippen LogP contribution in [0.4, 0.5) is 10.1 Å². The molecule has 0 fully saturated rings. The second-order valence-electron chi connectivity index (χ2n) is 2.51. The van der Waals surface area contributed by atoms with E-state index < -0.39 is 22.2 Å². The molecular weight excluding hydrogens is 225 g/mol. The zero-order valence-electron chi connectivity index (χ0n) is 7.33. The third-order valence-electron chi connectivity index (χ3n) is 1.54. The van der Waals surface area contributed by atoms with E-state index in [1.165, 1.54) is 0 Å². The fourth-order valence-corrected chi connectivity index (χ4v) is 1.01. The normalized spacial score (nSPS) is 9.20. The lowest BCUT2D eigenvalue weighted by Gasteiger charge is -1.98. The van der Waals surface area contributed by atoms with E-state index in [-0.39, 0.29) is 11.4 Å². The van der Waals surface area contributed by atoms with Crippen molar-refractivity contribution in [3.8, 4) is 17.6 Å². The number of nitro groups is 1. The first-order valence-corrected chi connectivity index (χ1v) is 4.31. The molecule has 0 aliphatic carbocycles. The number of rotatable bonds is 1. The van der Waals surface area contributed by atoms with Gasteiger partial charge in [-0.25, -0.2) is 4.39 Å². The third-order valence-corrected chi connectivity index (χ3v) is 1.67. The quantitative estimate of drug-likeness (QED) is 0.347. The van der Waals surface area contributed by atoms with Crippen molar-refractivity contribution in [3.05, 3.63) is 33.6 Å². The Morgan fingerprint density at radius 2 is 2.27 bits per heavy atom. The Morgan fingerprint density at radius 3 is 2.80 bits per heavy atom. The van der Waals surface area contributed by atoms with Gasteiger partial charge in [-0.1, -0.05) is 11.8 Å². The highest BCUT2D eigenvalue weighted by Gasteiger charge is 2.18. The average molecular weight is 230 g/mol. The molecule has 15 heavy (non-hydrogen) atoms. The van der Waals surface area contributed by atoms with Crippen molar-refractivity contribution in [1.29, 1.82) is 0 Å². The van der Waals surface area contributed by atoms with E-state index in [4.69, 9.17) is 11.6 Å². The van der Waals surface area contributed by atoms with E-state index >= 15 is 0 Å². The Kier molecular flexibility index (Phi) is 3.47. The molecule has 0 aliphatic heterocycles. The van der Waals surface area contributed by atoms with Crippen LogP contribution in [0.3, 0.4) is 0 Å². The third kappa shape index (κ3) is 2.58. The van der Waals surface area contributed by atoms with Gasteiger partial charge in [-0.15, -0.1) is 11.6 Å². The number of phenolic OH excluding ortho intramolecular Hbond substituents is 1.